The summed E-state index contributed by atoms with van der Waals surface area (Å²) in [5.41, 5.74) is 1.14. The normalized spacial score (nSPS) is 17.9. The van der Waals surface area contributed by atoms with Crippen LogP contribution in [0, 0.1) is 5.82 Å². The van der Waals surface area contributed by atoms with E-state index in [4.69, 9.17) is 14.2 Å². The second kappa shape index (κ2) is 13.2. The number of nitrogens with one attached hydrogen (secondary N) is 1. The van der Waals surface area contributed by atoms with Gasteiger partial charge in [0.25, 0.3) is 0 Å². The number of ether oxygens (including phenoxy) is 3. The van der Waals surface area contributed by atoms with E-state index < -0.39 is 32.2 Å². The lowest BCUT2D eigenvalue weighted by Gasteiger charge is -2.38. The topological polar surface area (TPSA) is 99.6 Å². The van der Waals surface area contributed by atoms with E-state index in [1.165, 1.54) is 18.5 Å². The predicted octanol–water partition coefficient (Wildman–Crippen LogP) is 7.95. The van der Waals surface area contributed by atoms with Crippen LogP contribution in [0.5, 0.6) is 5.75 Å². The van der Waals surface area contributed by atoms with E-state index in [9.17, 15) is 12.8 Å². The number of aromatic nitrogens is 2. The zero-order valence-corrected chi connectivity index (χ0v) is 27.4. The molecule has 3 aromatic carbocycles. The minimum absolute atomic E-state index is 0.228. The van der Waals surface area contributed by atoms with Crippen LogP contribution in [0.1, 0.15) is 51.7 Å². The van der Waals surface area contributed by atoms with Crippen molar-refractivity contribution in [2.24, 2.45) is 0 Å². The minimum atomic E-state index is -3.48. The highest BCUT2D eigenvalue weighted by Crippen LogP contribution is 2.43. The lowest BCUT2D eigenvalue weighted by atomic mass is 9.83. The molecule has 3 atom stereocenters. The molecule has 4 aromatic rings. The molecule has 232 valence electrons. The fraction of sp³-hybridized carbons (Fsp3) is 0.333. The standard InChI is InChI=1S/C33H35BrFN3O5S/c1-5-31(43-22(4)44(39,40)21(2)3)33(14-7-15-42-33)24-10-12-29-27(17-24)32(37-20-36-29)38-26-11-13-30(28(34)18-26)41-19-23-8-6-9-25(35)16-23/h6-13,15-18,20-22,31H,5,14,19H2,1-4H3,(H,36,37,38). The Balaban J connectivity index is 1.42. The Bertz CT molecular complexity index is 1770. The Morgan fingerprint density at radius 2 is 1.91 bits per heavy atom. The van der Waals surface area contributed by atoms with Gasteiger partial charge in [0, 0.05) is 17.5 Å². The fourth-order valence-electron chi connectivity index (χ4n) is 5.29. The van der Waals surface area contributed by atoms with E-state index in [-0.39, 0.29) is 12.4 Å². The van der Waals surface area contributed by atoms with Crippen molar-refractivity contribution in [1.29, 1.82) is 0 Å². The molecule has 0 aliphatic carbocycles. The van der Waals surface area contributed by atoms with Crippen LogP contribution in [0.2, 0.25) is 0 Å². The van der Waals surface area contributed by atoms with Gasteiger partial charge in [0.2, 0.25) is 0 Å². The average molecular weight is 685 g/mol. The number of anilines is 2. The molecule has 2 heterocycles. The van der Waals surface area contributed by atoms with Crippen molar-refractivity contribution in [3.8, 4) is 5.75 Å². The Morgan fingerprint density at radius 1 is 1.09 bits per heavy atom. The van der Waals surface area contributed by atoms with Crippen LogP contribution in [0.3, 0.4) is 0 Å². The Morgan fingerprint density at radius 3 is 2.59 bits per heavy atom. The second-order valence-corrected chi connectivity index (χ2v) is 14.6. The van der Waals surface area contributed by atoms with E-state index in [0.29, 0.717) is 24.4 Å². The molecule has 0 saturated heterocycles. The molecule has 3 unspecified atom stereocenters. The molecule has 0 spiro atoms. The van der Waals surface area contributed by atoms with E-state index in [2.05, 4.69) is 31.2 Å². The van der Waals surface area contributed by atoms with Gasteiger partial charge < -0.3 is 19.5 Å². The average Bonchev–Trinajstić information content (AvgIpc) is 3.50. The molecule has 11 heteroatoms. The molecule has 0 radical (unpaired) electrons. The van der Waals surface area contributed by atoms with E-state index in [1.807, 2.05) is 49.4 Å². The highest BCUT2D eigenvalue weighted by Gasteiger charge is 2.45. The number of hydrogen-bond donors (Lipinski definition) is 1. The number of benzene rings is 3. The maximum atomic E-state index is 13.5. The van der Waals surface area contributed by atoms with Gasteiger partial charge in [0.1, 0.15) is 36.4 Å². The maximum absolute atomic E-state index is 13.5. The molecular weight excluding hydrogens is 649 g/mol. The van der Waals surface area contributed by atoms with Crippen LogP contribution in [-0.2, 0) is 31.5 Å². The van der Waals surface area contributed by atoms with Crippen LogP contribution in [-0.4, -0.2) is 35.2 Å². The fourth-order valence-corrected chi connectivity index (χ4v) is 6.84. The highest BCUT2D eigenvalue weighted by molar-refractivity contribution is 9.10. The van der Waals surface area contributed by atoms with Gasteiger partial charge in [-0.05, 0) is 103 Å². The molecule has 5 rings (SSSR count). The number of sulfone groups is 1. The summed E-state index contributed by atoms with van der Waals surface area (Å²) < 4.78 is 58.4. The molecule has 0 fully saturated rings. The summed E-state index contributed by atoms with van der Waals surface area (Å²) in [6.45, 7) is 7.09. The third-order valence-electron chi connectivity index (χ3n) is 7.76. The van der Waals surface area contributed by atoms with Crippen LogP contribution >= 0.6 is 15.9 Å². The summed E-state index contributed by atoms with van der Waals surface area (Å²) in [7, 11) is -3.48. The van der Waals surface area contributed by atoms with Gasteiger partial charge in [0.15, 0.2) is 20.9 Å². The minimum Gasteiger partial charge on any atom is -0.488 e. The van der Waals surface area contributed by atoms with Gasteiger partial charge in [-0.3, -0.25) is 0 Å². The summed E-state index contributed by atoms with van der Waals surface area (Å²) in [6, 6.07) is 17.7. The van der Waals surface area contributed by atoms with E-state index >= 15 is 0 Å². The van der Waals surface area contributed by atoms with Crippen molar-refractivity contribution in [2.75, 3.05) is 5.32 Å². The Kier molecular flexibility index (Phi) is 9.57. The lowest BCUT2D eigenvalue weighted by Crippen LogP contribution is -2.44. The number of halogens is 2. The molecule has 1 aromatic heterocycles. The molecule has 8 nitrogen and oxygen atoms in total. The number of fused-ring (bicyclic) bond motifs is 1. The van der Waals surface area contributed by atoms with Gasteiger partial charge in [-0.2, -0.15) is 0 Å². The van der Waals surface area contributed by atoms with Gasteiger partial charge in [0.05, 0.1) is 21.5 Å². The van der Waals surface area contributed by atoms with E-state index in [1.54, 1.807) is 39.2 Å². The summed E-state index contributed by atoms with van der Waals surface area (Å²) in [6.07, 6.45) is 5.59. The first-order valence-corrected chi connectivity index (χ1v) is 16.8. The van der Waals surface area contributed by atoms with Gasteiger partial charge in [-0.1, -0.05) is 25.1 Å². The summed E-state index contributed by atoms with van der Waals surface area (Å²) in [5, 5.41) is 3.58. The first kappa shape index (κ1) is 31.9. The Labute approximate surface area is 265 Å². The van der Waals surface area contributed by atoms with E-state index in [0.717, 1.165) is 32.2 Å². The van der Waals surface area contributed by atoms with Crippen LogP contribution in [0.4, 0.5) is 15.9 Å². The van der Waals surface area contributed by atoms with Crippen molar-refractivity contribution in [1.82, 2.24) is 9.97 Å². The molecule has 0 saturated carbocycles. The van der Waals surface area contributed by atoms with Gasteiger partial charge in [-0.25, -0.2) is 22.8 Å². The number of nitrogens with zero attached hydrogens (tertiary/aromatic N) is 2. The quantitative estimate of drug-likeness (QED) is 0.161. The monoisotopic (exact) mass is 683 g/mol. The predicted molar refractivity (Wildman–Crippen MR) is 173 cm³/mol. The van der Waals surface area contributed by atoms with Gasteiger partial charge in [-0.15, -0.1) is 0 Å². The Hall–Kier alpha value is -3.54. The van der Waals surface area contributed by atoms with Gasteiger partial charge >= 0.3 is 0 Å². The SMILES string of the molecule is CCC(OC(C)S(=O)(=O)C(C)C)C1(c2ccc3ncnc(Nc4ccc(OCc5cccc(F)c5)c(Br)c4)c3c2)CC=CO1. The second-order valence-electron chi connectivity index (χ2n) is 11.0. The molecule has 1 N–H and O–H groups in total. The zero-order chi connectivity index (χ0) is 31.5. The van der Waals surface area contributed by atoms with Crippen molar-refractivity contribution < 1.29 is 27.0 Å². The van der Waals surface area contributed by atoms with Crippen molar-refractivity contribution in [3.05, 3.63) is 101 Å². The van der Waals surface area contributed by atoms with Crippen molar-refractivity contribution in [3.63, 3.8) is 0 Å². The third-order valence-corrected chi connectivity index (χ3v) is 10.7. The van der Waals surface area contributed by atoms with Crippen molar-refractivity contribution in [2.45, 2.75) is 69.5 Å². The summed E-state index contributed by atoms with van der Waals surface area (Å²) in [4.78, 5) is 8.98. The first-order valence-electron chi connectivity index (χ1n) is 14.4. The molecular formula is C33H35BrFN3O5S. The van der Waals surface area contributed by atoms with Crippen LogP contribution < -0.4 is 10.1 Å². The zero-order valence-electron chi connectivity index (χ0n) is 25.0. The molecule has 0 amide bonds. The van der Waals surface area contributed by atoms with Crippen LogP contribution in [0.25, 0.3) is 10.9 Å². The van der Waals surface area contributed by atoms with Crippen molar-refractivity contribution >= 4 is 48.2 Å². The summed E-state index contributed by atoms with van der Waals surface area (Å²) in [5.74, 6) is 0.891. The largest absolute Gasteiger partial charge is 0.488 e. The first-order chi connectivity index (χ1) is 21.0. The van der Waals surface area contributed by atoms with Crippen LogP contribution in [0.15, 0.2) is 83.8 Å². The smallest absolute Gasteiger partial charge is 0.179 e. The molecule has 1 aliphatic heterocycles. The highest BCUT2D eigenvalue weighted by atomic mass is 79.9. The number of hydrogen-bond acceptors (Lipinski definition) is 8. The lowest BCUT2D eigenvalue weighted by molar-refractivity contribution is -0.116. The maximum Gasteiger partial charge on any atom is 0.179 e. The summed E-state index contributed by atoms with van der Waals surface area (Å²) >= 11 is 3.58. The molecule has 0 bridgehead atoms. The molecule has 44 heavy (non-hydrogen) atoms. The third kappa shape index (κ3) is 6.60. The number of rotatable bonds is 12. The molecule has 1 aliphatic rings.